The van der Waals surface area contributed by atoms with E-state index in [2.05, 4.69) is 46.5 Å². The van der Waals surface area contributed by atoms with E-state index in [0.29, 0.717) is 48.6 Å². The van der Waals surface area contributed by atoms with Crippen LogP contribution in [0.3, 0.4) is 0 Å². The van der Waals surface area contributed by atoms with Crippen molar-refractivity contribution in [2.75, 3.05) is 48.9 Å². The summed E-state index contributed by atoms with van der Waals surface area (Å²) in [5.41, 5.74) is 14.5. The molecule has 1 fully saturated rings. The highest BCUT2D eigenvalue weighted by Crippen LogP contribution is 2.32. The van der Waals surface area contributed by atoms with Gasteiger partial charge in [0.2, 0.25) is 29.6 Å². The molecule has 0 radical (unpaired) electrons. The summed E-state index contributed by atoms with van der Waals surface area (Å²) in [7, 11) is 2.94. The minimum absolute atomic E-state index is 0.0153. The largest absolute Gasteiger partial charge is 0.480 e. The van der Waals surface area contributed by atoms with Crippen molar-refractivity contribution in [3.63, 3.8) is 0 Å². The molecule has 3 atom stereocenters. The van der Waals surface area contributed by atoms with Gasteiger partial charge in [-0.25, -0.2) is 19.6 Å². The number of imide groups is 2. The summed E-state index contributed by atoms with van der Waals surface area (Å²) in [6.07, 6.45) is 5.94. The zero-order valence-corrected chi connectivity index (χ0v) is 39.3. The number of nitrogen functional groups attached to an aromatic ring is 2. The molecule has 0 saturated carbocycles. The summed E-state index contributed by atoms with van der Waals surface area (Å²) in [4.78, 5) is 133. The molecule has 24 nitrogen and oxygen atoms in total. The second-order valence-corrected chi connectivity index (χ2v) is 17.1. The average molecular weight is 980 g/mol. The number of fused-ring (bicyclic) bond motifs is 2. The lowest BCUT2D eigenvalue weighted by Gasteiger charge is -2.27. The van der Waals surface area contributed by atoms with Crippen LogP contribution in [-0.4, -0.2) is 129 Å². The summed E-state index contributed by atoms with van der Waals surface area (Å²) in [6.45, 7) is 1.27. The number of aromatic nitrogens is 4. The van der Waals surface area contributed by atoms with Crippen molar-refractivity contribution in [3.05, 3.63) is 71.0 Å². The zero-order valence-electron chi connectivity index (χ0n) is 39.3. The van der Waals surface area contributed by atoms with Crippen LogP contribution < -0.4 is 43.0 Å². The molecule has 2 aliphatic rings. The van der Waals surface area contributed by atoms with E-state index >= 15 is 0 Å². The van der Waals surface area contributed by atoms with Crippen LogP contribution in [0.5, 0.6) is 0 Å². The van der Waals surface area contributed by atoms with Gasteiger partial charge in [-0.15, -0.1) is 0 Å². The Balaban J connectivity index is 0.842. The highest BCUT2D eigenvalue weighted by Gasteiger charge is 2.45. The molecule has 0 aliphatic carbocycles. The van der Waals surface area contributed by atoms with E-state index in [1.54, 1.807) is 37.4 Å². The van der Waals surface area contributed by atoms with Crippen molar-refractivity contribution in [1.29, 1.82) is 0 Å². The Morgan fingerprint density at radius 2 is 1.55 bits per heavy atom. The van der Waals surface area contributed by atoms with E-state index in [1.807, 2.05) is 4.90 Å². The number of unbranched alkanes of at least 4 members (excludes halogenated alkanes) is 5. The maximum absolute atomic E-state index is 13.3. The molecule has 10 N–H and O–H groups in total. The topological polar surface area (TPSA) is 353 Å². The van der Waals surface area contributed by atoms with Crippen LogP contribution in [0.2, 0.25) is 0 Å². The van der Waals surface area contributed by atoms with Crippen LogP contribution in [0.25, 0.3) is 11.2 Å². The number of hydrogen-bond donors (Lipinski definition) is 8. The molecule has 4 heterocycles. The van der Waals surface area contributed by atoms with Gasteiger partial charge in [0, 0.05) is 56.3 Å². The normalized spacial score (nSPS) is 15.1. The van der Waals surface area contributed by atoms with Gasteiger partial charge in [0.05, 0.1) is 36.7 Å². The predicted octanol–water partition coefficient (Wildman–Crippen LogP) is 1.59. The number of nitrogens with zero attached hydrogens (tertiary/aromatic N) is 6. The third-order valence-corrected chi connectivity index (χ3v) is 11.9. The molecule has 71 heavy (non-hydrogen) atoms. The Hall–Kier alpha value is -8.31. The van der Waals surface area contributed by atoms with Gasteiger partial charge in [-0.2, -0.15) is 9.97 Å². The second kappa shape index (κ2) is 24.3. The lowest BCUT2D eigenvalue weighted by Crippen LogP contribution is -2.54. The van der Waals surface area contributed by atoms with E-state index < -0.39 is 65.5 Å². The van der Waals surface area contributed by atoms with Crippen molar-refractivity contribution < 1.29 is 53.0 Å². The number of esters is 1. The van der Waals surface area contributed by atoms with Gasteiger partial charge < -0.3 is 47.5 Å². The van der Waals surface area contributed by atoms with Crippen LogP contribution in [-0.2, 0) is 40.0 Å². The number of carboxylic acid groups (broad SMARTS) is 1. The third kappa shape index (κ3) is 13.7. The highest BCUT2D eigenvalue weighted by molar-refractivity contribution is 6.25. The van der Waals surface area contributed by atoms with E-state index in [-0.39, 0.29) is 78.5 Å². The van der Waals surface area contributed by atoms with Crippen LogP contribution in [0.4, 0.5) is 23.1 Å². The number of carbonyl (C=O) groups excluding carboxylic acids is 8. The van der Waals surface area contributed by atoms with E-state index in [1.165, 1.54) is 18.3 Å². The molecule has 376 valence electrons. The van der Waals surface area contributed by atoms with Crippen molar-refractivity contribution in [2.45, 2.75) is 102 Å². The summed E-state index contributed by atoms with van der Waals surface area (Å²) in [5, 5.41) is 23.0. The minimum atomic E-state index is -1.43. The monoisotopic (exact) mass is 979 g/mol. The molecule has 2 aliphatic heterocycles. The lowest BCUT2D eigenvalue weighted by atomic mass is 10.0. The van der Waals surface area contributed by atoms with Crippen LogP contribution in [0, 0.1) is 0 Å². The number of aliphatic carboxylic acids is 1. The lowest BCUT2D eigenvalue weighted by molar-refractivity contribution is -0.145. The SMILES string of the molecule is COC(=O)[C@H](CCC(=O)NCCCCCCCCNc1cccc2c1C(=O)N(C1CCC(=O)NC1=O)C2=O)NC(=O)CC[C@H](NC(=O)c1ccc(N(C)Cc2cnc3nc(N)nc(N)c3n2)cc1)C(=O)O. The zero-order chi connectivity index (χ0) is 51.2. The fourth-order valence-corrected chi connectivity index (χ4v) is 8.13. The number of anilines is 4. The van der Waals surface area contributed by atoms with E-state index in [9.17, 15) is 48.3 Å². The van der Waals surface area contributed by atoms with Gasteiger partial charge in [-0.1, -0.05) is 31.7 Å². The van der Waals surface area contributed by atoms with Gasteiger partial charge in [0.25, 0.3) is 17.7 Å². The van der Waals surface area contributed by atoms with Crippen molar-refractivity contribution in [3.8, 4) is 0 Å². The Kier molecular flexibility index (Phi) is 17.8. The maximum Gasteiger partial charge on any atom is 0.328 e. The van der Waals surface area contributed by atoms with Gasteiger partial charge in [-0.3, -0.25) is 43.8 Å². The first-order chi connectivity index (χ1) is 34.0. The van der Waals surface area contributed by atoms with Gasteiger partial charge in [0.1, 0.15) is 18.1 Å². The average Bonchev–Trinajstić information content (AvgIpc) is 3.60. The predicted molar refractivity (Wildman–Crippen MR) is 256 cm³/mol. The number of carboxylic acids is 1. The Morgan fingerprint density at radius 1 is 0.859 bits per heavy atom. The van der Waals surface area contributed by atoms with Gasteiger partial charge in [-0.05, 0) is 68.5 Å². The number of rotatable bonds is 25. The van der Waals surface area contributed by atoms with Gasteiger partial charge >= 0.3 is 11.9 Å². The second-order valence-electron chi connectivity index (χ2n) is 17.1. The van der Waals surface area contributed by atoms with Crippen molar-refractivity contribution in [2.24, 2.45) is 0 Å². The molecule has 4 aromatic rings. The van der Waals surface area contributed by atoms with Crippen LogP contribution in [0.15, 0.2) is 48.7 Å². The molecule has 2 aromatic heterocycles. The molecule has 1 unspecified atom stereocenters. The molecule has 6 rings (SSSR count). The van der Waals surface area contributed by atoms with Crippen LogP contribution >= 0.6 is 0 Å². The van der Waals surface area contributed by atoms with E-state index in [0.717, 1.165) is 44.1 Å². The number of carbonyl (C=O) groups is 9. The fourth-order valence-electron chi connectivity index (χ4n) is 8.13. The first-order valence-electron chi connectivity index (χ1n) is 23.2. The summed E-state index contributed by atoms with van der Waals surface area (Å²) < 4.78 is 4.82. The number of piperidine rings is 1. The summed E-state index contributed by atoms with van der Waals surface area (Å²) in [5.74, 6) is -5.96. The number of ether oxygens (including phenoxy) is 1. The Bertz CT molecular complexity index is 2680. The van der Waals surface area contributed by atoms with Crippen molar-refractivity contribution in [1.82, 2.24) is 46.1 Å². The minimum Gasteiger partial charge on any atom is -0.480 e. The Labute approximate surface area is 407 Å². The number of nitrogens with two attached hydrogens (primary N) is 2. The molecule has 24 heteroatoms. The number of methoxy groups -OCH3 is 1. The molecule has 1 saturated heterocycles. The summed E-state index contributed by atoms with van der Waals surface area (Å²) >= 11 is 0. The molecule has 0 bridgehead atoms. The maximum atomic E-state index is 13.3. The molecule has 2 aromatic carbocycles. The Morgan fingerprint density at radius 3 is 2.25 bits per heavy atom. The number of amides is 7. The molecular formula is C47H57N13O11. The number of nitrogens with one attached hydrogen (secondary N) is 5. The first-order valence-corrected chi connectivity index (χ1v) is 23.2. The van der Waals surface area contributed by atoms with E-state index in [4.69, 9.17) is 16.2 Å². The molecule has 7 amide bonds. The number of benzene rings is 2. The van der Waals surface area contributed by atoms with Crippen molar-refractivity contribution >= 4 is 87.6 Å². The standard InChI is InChI=1S/C47H57N13O11/c1-59(25-27-24-52-40-38(53-27)39(48)57-47(49)58-40)28-14-12-26(13-15-28)41(64)55-31(45(68)69)16-20-35(62)54-32(46(70)71-2)17-19-34(61)51-23-8-6-4-3-5-7-22-50-30-11-9-10-29-37(30)44(67)60(43(29)66)33-18-21-36(63)56-42(33)65/h9-15,24,31-33,50H,3-8,16-23,25H2,1-2H3,(H,51,61)(H,54,62)(H,55,64)(H,68,69)(H,56,63,65)(H4,48,49,52,57,58)/t31-,32-,33?/m0/s1. The smallest absolute Gasteiger partial charge is 0.328 e. The first kappa shape index (κ1) is 52.1. The quantitative estimate of drug-likeness (QED) is 0.0265. The molecule has 0 spiro atoms. The number of hydrogen-bond acceptors (Lipinski definition) is 18. The van der Waals surface area contributed by atoms with Crippen LogP contribution in [0.1, 0.15) is 114 Å². The highest BCUT2D eigenvalue weighted by atomic mass is 16.5. The summed E-state index contributed by atoms with van der Waals surface area (Å²) in [6, 6.07) is 7.68. The third-order valence-electron chi connectivity index (χ3n) is 11.9. The van der Waals surface area contributed by atoms with Gasteiger partial charge in [0.15, 0.2) is 17.0 Å². The fraction of sp³-hybridized carbons (Fsp3) is 0.426. The molecular weight excluding hydrogens is 923 g/mol.